The van der Waals surface area contributed by atoms with E-state index in [1.54, 1.807) is 0 Å². The van der Waals surface area contributed by atoms with Crippen molar-refractivity contribution in [2.24, 2.45) is 5.73 Å². The first-order valence-electron chi connectivity index (χ1n) is 3.91. The molecule has 2 rings (SSSR count). The molecular formula is C8H13NO. The summed E-state index contributed by atoms with van der Waals surface area (Å²) in [6, 6.07) is 0.242. The predicted octanol–water partition coefficient (Wildman–Crippen LogP) is 0.823. The number of ether oxygens (including phenoxy) is 1. The minimum Gasteiger partial charge on any atom is -0.365 e. The van der Waals surface area contributed by atoms with E-state index in [1.807, 2.05) is 0 Å². The Kier molecular flexibility index (Phi) is 1.32. The zero-order valence-corrected chi connectivity index (χ0v) is 6.05. The fourth-order valence-electron chi connectivity index (χ4n) is 1.91. The molecular weight excluding hydrogens is 126 g/mol. The lowest BCUT2D eigenvalue weighted by Crippen LogP contribution is -2.42. The Morgan fingerprint density at radius 3 is 3.00 bits per heavy atom. The molecule has 10 heavy (non-hydrogen) atoms. The second-order valence-corrected chi connectivity index (χ2v) is 3.17. The third-order valence-corrected chi connectivity index (χ3v) is 2.56. The van der Waals surface area contributed by atoms with Gasteiger partial charge in [0, 0.05) is 6.04 Å². The molecule has 2 heteroatoms. The monoisotopic (exact) mass is 139 g/mol. The van der Waals surface area contributed by atoms with Crippen molar-refractivity contribution >= 4 is 0 Å². The normalized spacial score (nSPS) is 45.5. The lowest BCUT2D eigenvalue weighted by Gasteiger charge is -2.25. The second-order valence-electron chi connectivity index (χ2n) is 3.17. The highest BCUT2D eigenvalue weighted by molar-refractivity contribution is 5.15. The molecule has 1 aliphatic carbocycles. The van der Waals surface area contributed by atoms with Crippen molar-refractivity contribution in [3.63, 3.8) is 0 Å². The number of nitrogens with two attached hydrogens (primary N) is 1. The molecule has 2 unspecified atom stereocenters. The lowest BCUT2D eigenvalue weighted by atomic mass is 9.99. The smallest absolute Gasteiger partial charge is 0.102 e. The maximum Gasteiger partial charge on any atom is 0.102 e. The second kappa shape index (κ2) is 2.07. The van der Waals surface area contributed by atoms with Gasteiger partial charge in [0.15, 0.2) is 0 Å². The molecule has 56 valence electrons. The van der Waals surface area contributed by atoms with Crippen LogP contribution < -0.4 is 5.73 Å². The molecule has 0 saturated heterocycles. The molecule has 0 aromatic rings. The molecule has 2 N–H and O–H groups in total. The molecule has 1 heterocycles. The lowest BCUT2D eigenvalue weighted by molar-refractivity contribution is 0.0200. The van der Waals surface area contributed by atoms with Gasteiger partial charge in [-0.05, 0) is 19.3 Å². The molecule has 0 aromatic heterocycles. The Hall–Kier alpha value is -0.340. The van der Waals surface area contributed by atoms with E-state index in [0.717, 1.165) is 19.4 Å². The molecule has 1 spiro atoms. The predicted molar refractivity (Wildman–Crippen MR) is 39.6 cm³/mol. The van der Waals surface area contributed by atoms with Crippen LogP contribution in [-0.2, 0) is 4.74 Å². The van der Waals surface area contributed by atoms with Crippen LogP contribution >= 0.6 is 0 Å². The third kappa shape index (κ3) is 0.724. The fraction of sp³-hybridized carbons (Fsp3) is 0.750. The number of hydrogen-bond donors (Lipinski definition) is 1. The van der Waals surface area contributed by atoms with Gasteiger partial charge in [0.1, 0.15) is 5.60 Å². The Morgan fingerprint density at radius 2 is 2.50 bits per heavy atom. The summed E-state index contributed by atoms with van der Waals surface area (Å²) < 4.78 is 5.58. The van der Waals surface area contributed by atoms with Crippen LogP contribution in [0.3, 0.4) is 0 Å². The van der Waals surface area contributed by atoms with Crippen molar-refractivity contribution in [1.82, 2.24) is 0 Å². The Morgan fingerprint density at radius 1 is 1.60 bits per heavy atom. The minimum atomic E-state index is -0.0556. The molecule has 0 amide bonds. The van der Waals surface area contributed by atoms with Crippen LogP contribution in [0.25, 0.3) is 0 Å². The summed E-state index contributed by atoms with van der Waals surface area (Å²) in [5, 5.41) is 0. The van der Waals surface area contributed by atoms with Gasteiger partial charge in [-0.15, -0.1) is 0 Å². The zero-order valence-electron chi connectivity index (χ0n) is 6.05. The zero-order chi connectivity index (χ0) is 7.03. The molecule has 0 bridgehead atoms. The Labute approximate surface area is 61.0 Å². The van der Waals surface area contributed by atoms with Crippen molar-refractivity contribution in [3.05, 3.63) is 12.2 Å². The quantitative estimate of drug-likeness (QED) is 0.504. The number of hydrogen-bond acceptors (Lipinski definition) is 2. The highest BCUT2D eigenvalue weighted by atomic mass is 16.5. The summed E-state index contributed by atoms with van der Waals surface area (Å²) in [6.07, 6.45) is 7.66. The first kappa shape index (κ1) is 6.38. The largest absolute Gasteiger partial charge is 0.365 e. The van der Waals surface area contributed by atoms with Crippen LogP contribution in [0, 0.1) is 0 Å². The first-order valence-corrected chi connectivity index (χ1v) is 3.91. The van der Waals surface area contributed by atoms with Gasteiger partial charge in [-0.2, -0.15) is 0 Å². The topological polar surface area (TPSA) is 35.2 Å². The van der Waals surface area contributed by atoms with Crippen molar-refractivity contribution < 1.29 is 4.74 Å². The molecule has 2 atom stereocenters. The van der Waals surface area contributed by atoms with Gasteiger partial charge in [-0.25, -0.2) is 0 Å². The average Bonchev–Trinajstić information content (AvgIpc) is 2.48. The standard InChI is InChI=1S/C8H13NO/c9-7-3-1-4-8(7)5-2-6-10-8/h2,5,7H,1,3-4,6,9H2. The Balaban J connectivity index is 2.20. The van der Waals surface area contributed by atoms with E-state index in [0.29, 0.717) is 0 Å². The fourth-order valence-corrected chi connectivity index (χ4v) is 1.91. The van der Waals surface area contributed by atoms with E-state index >= 15 is 0 Å². The average molecular weight is 139 g/mol. The maximum absolute atomic E-state index is 5.90. The highest BCUT2D eigenvalue weighted by Gasteiger charge is 2.41. The van der Waals surface area contributed by atoms with Gasteiger partial charge < -0.3 is 10.5 Å². The summed E-state index contributed by atoms with van der Waals surface area (Å²) in [5.41, 5.74) is 5.84. The van der Waals surface area contributed by atoms with Crippen LogP contribution in [0.4, 0.5) is 0 Å². The van der Waals surface area contributed by atoms with Gasteiger partial charge >= 0.3 is 0 Å². The van der Waals surface area contributed by atoms with Gasteiger partial charge in [0.2, 0.25) is 0 Å². The molecule has 2 aliphatic rings. The van der Waals surface area contributed by atoms with Crippen molar-refractivity contribution in [3.8, 4) is 0 Å². The number of rotatable bonds is 0. The van der Waals surface area contributed by atoms with Crippen LogP contribution in [-0.4, -0.2) is 18.2 Å². The van der Waals surface area contributed by atoms with E-state index in [-0.39, 0.29) is 11.6 Å². The van der Waals surface area contributed by atoms with Crippen molar-refractivity contribution in [1.29, 1.82) is 0 Å². The van der Waals surface area contributed by atoms with Crippen LogP contribution in [0.1, 0.15) is 19.3 Å². The maximum atomic E-state index is 5.90. The molecule has 1 saturated carbocycles. The summed E-state index contributed by atoms with van der Waals surface area (Å²) in [7, 11) is 0. The molecule has 0 radical (unpaired) electrons. The molecule has 1 fully saturated rings. The summed E-state index contributed by atoms with van der Waals surface area (Å²) in [6.45, 7) is 0.758. The Bertz CT molecular complexity index is 167. The third-order valence-electron chi connectivity index (χ3n) is 2.56. The van der Waals surface area contributed by atoms with Crippen LogP contribution in [0.15, 0.2) is 12.2 Å². The minimum absolute atomic E-state index is 0.0556. The first-order chi connectivity index (χ1) is 4.83. The molecule has 1 aliphatic heterocycles. The summed E-state index contributed by atoms with van der Waals surface area (Å²) in [4.78, 5) is 0. The van der Waals surface area contributed by atoms with Crippen LogP contribution in [0.5, 0.6) is 0 Å². The molecule has 2 nitrogen and oxygen atoms in total. The summed E-state index contributed by atoms with van der Waals surface area (Å²) >= 11 is 0. The van der Waals surface area contributed by atoms with Gasteiger partial charge in [0.05, 0.1) is 6.61 Å². The highest BCUT2D eigenvalue weighted by Crippen LogP contribution is 2.35. The van der Waals surface area contributed by atoms with E-state index < -0.39 is 0 Å². The van der Waals surface area contributed by atoms with E-state index in [2.05, 4.69) is 12.2 Å². The van der Waals surface area contributed by atoms with E-state index in [4.69, 9.17) is 10.5 Å². The van der Waals surface area contributed by atoms with E-state index in [9.17, 15) is 0 Å². The summed E-state index contributed by atoms with van der Waals surface area (Å²) in [5.74, 6) is 0. The van der Waals surface area contributed by atoms with Gasteiger partial charge in [-0.3, -0.25) is 0 Å². The SMILES string of the molecule is NC1CCCC12C=CCO2. The van der Waals surface area contributed by atoms with Crippen molar-refractivity contribution in [2.75, 3.05) is 6.61 Å². The molecule has 0 aromatic carbocycles. The van der Waals surface area contributed by atoms with Crippen LogP contribution in [0.2, 0.25) is 0 Å². The van der Waals surface area contributed by atoms with E-state index in [1.165, 1.54) is 6.42 Å². The van der Waals surface area contributed by atoms with Crippen molar-refractivity contribution in [2.45, 2.75) is 30.9 Å². The van der Waals surface area contributed by atoms with Gasteiger partial charge in [0.25, 0.3) is 0 Å². The van der Waals surface area contributed by atoms with Gasteiger partial charge in [-0.1, -0.05) is 12.2 Å².